The largest absolute Gasteiger partial charge is 0.392 e. The number of nitrogens with zero attached hydrogens (tertiary/aromatic N) is 4. The summed E-state index contributed by atoms with van der Waals surface area (Å²) < 4.78 is 0. The Morgan fingerprint density at radius 3 is 2.71 bits per heavy atom. The Balaban J connectivity index is 1.39. The Kier molecular flexibility index (Phi) is 5.96. The Morgan fingerprint density at radius 1 is 1.25 bits per heavy atom. The van der Waals surface area contributed by atoms with Gasteiger partial charge in [0.25, 0.3) is 0 Å². The molecule has 0 radical (unpaired) electrons. The third-order valence-corrected chi connectivity index (χ3v) is 4.50. The molecule has 2 N–H and O–H groups in total. The zero-order valence-corrected chi connectivity index (χ0v) is 14.3. The monoisotopic (exact) mass is 329 g/mol. The number of β-amino-alcohol motifs (C(OH)–C–C–N with tert-alkyl or cyclic N) is 1. The van der Waals surface area contributed by atoms with Gasteiger partial charge >= 0.3 is 0 Å². The molecule has 1 aliphatic heterocycles. The number of para-hydroxylation sites is 1. The molecule has 1 saturated heterocycles. The maximum absolute atomic E-state index is 9.45. The molecular weight excluding hydrogens is 302 g/mol. The van der Waals surface area contributed by atoms with Gasteiger partial charge in [-0.25, -0.2) is 0 Å². The molecule has 0 aliphatic carbocycles. The van der Waals surface area contributed by atoms with E-state index in [1.807, 2.05) is 43.5 Å². The van der Waals surface area contributed by atoms with Gasteiger partial charge in [-0.15, -0.1) is 0 Å². The van der Waals surface area contributed by atoms with Crippen molar-refractivity contribution < 1.29 is 5.11 Å². The van der Waals surface area contributed by atoms with Crippen LogP contribution in [0.2, 0.25) is 0 Å². The van der Waals surface area contributed by atoms with E-state index >= 15 is 0 Å². The van der Waals surface area contributed by atoms with Gasteiger partial charge in [-0.1, -0.05) is 18.2 Å². The van der Waals surface area contributed by atoms with Crippen LogP contribution < -0.4 is 5.32 Å². The zero-order chi connectivity index (χ0) is 16.8. The van der Waals surface area contributed by atoms with Gasteiger partial charge in [-0.05, 0) is 57.5 Å². The molecule has 1 aromatic heterocycles. The highest BCUT2D eigenvalue weighted by Crippen LogP contribution is 2.16. The lowest BCUT2D eigenvalue weighted by Crippen LogP contribution is -2.40. The molecular formula is C18H27N5O. The van der Waals surface area contributed by atoms with E-state index in [1.165, 1.54) is 12.8 Å². The Hall–Kier alpha value is -1.76. The average Bonchev–Trinajstić information content (AvgIpc) is 3.06. The van der Waals surface area contributed by atoms with Crippen LogP contribution in [0.4, 0.5) is 0 Å². The molecule has 6 heteroatoms. The molecule has 0 spiro atoms. The lowest BCUT2D eigenvalue weighted by molar-refractivity contribution is 0.0998. The summed E-state index contributed by atoms with van der Waals surface area (Å²) in [5.74, 6) is 0.708. The van der Waals surface area contributed by atoms with Gasteiger partial charge in [0.1, 0.15) is 0 Å². The molecule has 2 heterocycles. The van der Waals surface area contributed by atoms with Crippen molar-refractivity contribution in [3.8, 4) is 5.69 Å². The molecule has 0 amide bonds. The highest BCUT2D eigenvalue weighted by molar-refractivity contribution is 5.28. The fourth-order valence-corrected chi connectivity index (χ4v) is 3.21. The van der Waals surface area contributed by atoms with Gasteiger partial charge in [0.2, 0.25) is 0 Å². The van der Waals surface area contributed by atoms with Crippen LogP contribution in [0, 0.1) is 5.92 Å². The summed E-state index contributed by atoms with van der Waals surface area (Å²) in [5, 5.41) is 21.8. The first-order valence-corrected chi connectivity index (χ1v) is 8.78. The number of aliphatic hydroxyl groups excluding tert-OH is 1. The standard InChI is InChI=1S/C18H27N5O/c1-15(24)14-22-9-7-16(8-10-22)11-19-12-17-13-20-23(21-17)18-5-3-2-4-6-18/h2-6,13,15-16,19,24H,7-12,14H2,1H3. The Bertz CT molecular complexity index is 605. The van der Waals surface area contributed by atoms with E-state index in [1.54, 1.807) is 4.80 Å². The number of likely N-dealkylation sites (tertiary alicyclic amines) is 1. The quantitative estimate of drug-likeness (QED) is 0.805. The molecule has 1 aliphatic rings. The topological polar surface area (TPSA) is 66.2 Å². The van der Waals surface area contributed by atoms with Crippen molar-refractivity contribution in [3.05, 3.63) is 42.2 Å². The van der Waals surface area contributed by atoms with E-state index in [4.69, 9.17) is 0 Å². The summed E-state index contributed by atoms with van der Waals surface area (Å²) in [6.45, 7) is 6.59. The second kappa shape index (κ2) is 8.37. The number of aromatic nitrogens is 3. The molecule has 2 aromatic rings. The highest BCUT2D eigenvalue weighted by atomic mass is 16.3. The minimum atomic E-state index is -0.230. The van der Waals surface area contributed by atoms with Crippen LogP contribution in [-0.4, -0.2) is 57.3 Å². The first-order chi connectivity index (χ1) is 11.7. The number of benzene rings is 1. The van der Waals surface area contributed by atoms with Crippen LogP contribution >= 0.6 is 0 Å². The van der Waals surface area contributed by atoms with Crippen molar-refractivity contribution >= 4 is 0 Å². The second-order valence-corrected chi connectivity index (χ2v) is 6.68. The van der Waals surface area contributed by atoms with Crippen LogP contribution in [0.25, 0.3) is 5.69 Å². The summed E-state index contributed by atoms with van der Waals surface area (Å²) in [7, 11) is 0. The third kappa shape index (κ3) is 4.87. The summed E-state index contributed by atoms with van der Waals surface area (Å²) in [5.41, 5.74) is 1.94. The average molecular weight is 329 g/mol. The van der Waals surface area contributed by atoms with Crippen molar-refractivity contribution in [1.29, 1.82) is 0 Å². The molecule has 24 heavy (non-hydrogen) atoms. The van der Waals surface area contributed by atoms with Crippen molar-refractivity contribution in [2.75, 3.05) is 26.2 Å². The van der Waals surface area contributed by atoms with Crippen molar-refractivity contribution in [3.63, 3.8) is 0 Å². The molecule has 0 bridgehead atoms. The van der Waals surface area contributed by atoms with Gasteiger partial charge in [-0.3, -0.25) is 0 Å². The first kappa shape index (κ1) is 17.1. The molecule has 3 rings (SSSR count). The molecule has 1 fully saturated rings. The minimum Gasteiger partial charge on any atom is -0.392 e. The molecule has 6 nitrogen and oxygen atoms in total. The van der Waals surface area contributed by atoms with Gasteiger partial charge in [0, 0.05) is 13.1 Å². The maximum Gasteiger partial charge on any atom is 0.0969 e. The van der Waals surface area contributed by atoms with Crippen molar-refractivity contribution in [2.24, 2.45) is 5.92 Å². The number of hydrogen-bond acceptors (Lipinski definition) is 5. The Morgan fingerprint density at radius 2 is 2.00 bits per heavy atom. The zero-order valence-electron chi connectivity index (χ0n) is 14.3. The summed E-state index contributed by atoms with van der Waals surface area (Å²) in [6, 6.07) is 9.96. The lowest BCUT2D eigenvalue weighted by atomic mass is 9.96. The normalized spacial score (nSPS) is 17.9. The summed E-state index contributed by atoms with van der Waals surface area (Å²) >= 11 is 0. The minimum absolute atomic E-state index is 0.230. The fraction of sp³-hybridized carbons (Fsp3) is 0.556. The molecule has 1 aromatic carbocycles. The van der Waals surface area contributed by atoms with E-state index in [2.05, 4.69) is 20.4 Å². The molecule has 1 atom stereocenters. The molecule has 130 valence electrons. The third-order valence-electron chi connectivity index (χ3n) is 4.50. The van der Waals surface area contributed by atoms with E-state index in [9.17, 15) is 5.11 Å². The van der Waals surface area contributed by atoms with Crippen LogP contribution in [0.15, 0.2) is 36.5 Å². The van der Waals surface area contributed by atoms with E-state index in [0.29, 0.717) is 5.92 Å². The van der Waals surface area contributed by atoms with E-state index in [0.717, 1.165) is 44.1 Å². The fourth-order valence-electron chi connectivity index (χ4n) is 3.21. The van der Waals surface area contributed by atoms with E-state index in [-0.39, 0.29) is 6.10 Å². The summed E-state index contributed by atoms with van der Waals surface area (Å²) in [4.78, 5) is 4.03. The SMILES string of the molecule is CC(O)CN1CCC(CNCc2cnn(-c3ccccc3)n2)CC1. The van der Waals surface area contributed by atoms with Crippen LogP contribution in [0.3, 0.4) is 0 Å². The smallest absolute Gasteiger partial charge is 0.0969 e. The van der Waals surface area contributed by atoms with Gasteiger partial charge < -0.3 is 15.3 Å². The number of aliphatic hydroxyl groups is 1. The van der Waals surface area contributed by atoms with Crippen molar-refractivity contribution in [2.45, 2.75) is 32.4 Å². The number of piperidine rings is 1. The second-order valence-electron chi connectivity index (χ2n) is 6.68. The molecule has 1 unspecified atom stereocenters. The number of hydrogen-bond donors (Lipinski definition) is 2. The maximum atomic E-state index is 9.45. The van der Waals surface area contributed by atoms with Gasteiger partial charge in [-0.2, -0.15) is 15.0 Å². The number of nitrogens with one attached hydrogen (secondary N) is 1. The number of rotatable bonds is 7. The predicted octanol–water partition coefficient (Wildman–Crippen LogP) is 1.45. The van der Waals surface area contributed by atoms with Crippen LogP contribution in [0.5, 0.6) is 0 Å². The van der Waals surface area contributed by atoms with Crippen LogP contribution in [0.1, 0.15) is 25.5 Å². The summed E-state index contributed by atoms with van der Waals surface area (Å²) in [6.07, 6.45) is 3.98. The van der Waals surface area contributed by atoms with Gasteiger partial charge in [0.05, 0.1) is 23.7 Å². The van der Waals surface area contributed by atoms with Crippen LogP contribution in [-0.2, 0) is 6.54 Å². The van der Waals surface area contributed by atoms with E-state index < -0.39 is 0 Å². The predicted molar refractivity (Wildman–Crippen MR) is 93.9 cm³/mol. The Labute approximate surface area is 143 Å². The first-order valence-electron chi connectivity index (χ1n) is 8.78. The molecule has 0 saturated carbocycles. The van der Waals surface area contributed by atoms with Crippen molar-refractivity contribution in [1.82, 2.24) is 25.2 Å². The lowest BCUT2D eigenvalue weighted by Gasteiger charge is -2.32. The highest BCUT2D eigenvalue weighted by Gasteiger charge is 2.19. The van der Waals surface area contributed by atoms with Gasteiger partial charge in [0.15, 0.2) is 0 Å².